The smallest absolute Gasteiger partial charge is 0.432 e. The van der Waals surface area contributed by atoms with Gasteiger partial charge >= 0.3 is 20.1 Å². The van der Waals surface area contributed by atoms with Crippen molar-refractivity contribution in [2.24, 2.45) is 0 Å². The summed E-state index contributed by atoms with van der Waals surface area (Å²) in [7, 11) is -3.48. The number of phosphoric ester groups is 1. The fourth-order valence-electron chi connectivity index (χ4n) is 1.59. The topological polar surface area (TPSA) is 145 Å². The molecule has 0 saturated heterocycles. The molecule has 30 heavy (non-hydrogen) atoms. The van der Waals surface area contributed by atoms with Gasteiger partial charge in [-0.2, -0.15) is 0 Å². The molecule has 0 rings (SSSR count). The van der Waals surface area contributed by atoms with E-state index in [1.165, 1.54) is 6.92 Å². The summed E-state index contributed by atoms with van der Waals surface area (Å²) < 4.78 is 64.1. The van der Waals surface area contributed by atoms with Crippen molar-refractivity contribution >= 4 is 20.1 Å². The third-order valence-electron chi connectivity index (χ3n) is 3.30. The van der Waals surface area contributed by atoms with Gasteiger partial charge in [-0.05, 0) is 34.6 Å². The number of aliphatic hydroxyl groups excluding tert-OH is 1. The van der Waals surface area contributed by atoms with Crippen molar-refractivity contribution in [2.75, 3.05) is 34.0 Å². The van der Waals surface area contributed by atoms with Crippen molar-refractivity contribution < 1.29 is 60.9 Å². The summed E-state index contributed by atoms with van der Waals surface area (Å²) in [6, 6.07) is 0. The van der Waals surface area contributed by atoms with Gasteiger partial charge in [0.2, 0.25) is 13.6 Å². The van der Waals surface area contributed by atoms with Crippen LogP contribution in [0.4, 0.5) is 14.0 Å². The highest BCUT2D eigenvalue weighted by atomic mass is 31.2. The first kappa shape index (κ1) is 28.5. The lowest BCUT2D eigenvalue weighted by Crippen LogP contribution is -2.48. The van der Waals surface area contributed by atoms with Crippen LogP contribution in [0.3, 0.4) is 0 Å². The van der Waals surface area contributed by atoms with Crippen molar-refractivity contribution in [1.82, 2.24) is 0 Å². The minimum atomic E-state index is -4.59. The van der Waals surface area contributed by atoms with Crippen LogP contribution in [-0.4, -0.2) is 75.3 Å². The molecule has 0 aliphatic carbocycles. The van der Waals surface area contributed by atoms with Gasteiger partial charge in [-0.25, -0.2) is 27.6 Å². The van der Waals surface area contributed by atoms with Gasteiger partial charge in [-0.15, -0.1) is 0 Å². The van der Waals surface area contributed by atoms with Crippen molar-refractivity contribution in [3.63, 3.8) is 0 Å². The van der Waals surface area contributed by atoms with Crippen LogP contribution in [0.2, 0.25) is 0 Å². The number of ether oxygens (including phenoxy) is 5. The lowest BCUT2D eigenvalue weighted by atomic mass is 10.0. The van der Waals surface area contributed by atoms with Crippen molar-refractivity contribution in [2.45, 2.75) is 58.5 Å². The second-order valence-electron chi connectivity index (χ2n) is 6.41. The molecule has 0 bridgehead atoms. The van der Waals surface area contributed by atoms with Gasteiger partial charge in [0.25, 0.3) is 0 Å². The molecule has 0 aromatic rings. The number of aliphatic hydroxyl groups is 1. The first-order chi connectivity index (χ1) is 13.9. The van der Waals surface area contributed by atoms with Crippen LogP contribution in [0.1, 0.15) is 34.6 Å². The molecule has 0 amide bonds. The zero-order valence-electron chi connectivity index (χ0n) is 17.8. The summed E-state index contributed by atoms with van der Waals surface area (Å²) in [5.74, 6) is 0. The molecule has 0 aliphatic rings. The van der Waals surface area contributed by atoms with Gasteiger partial charge in [-0.3, -0.25) is 4.52 Å². The second kappa shape index (κ2) is 13.7. The number of methoxy groups -OCH3 is 1. The Labute approximate surface area is 174 Å². The Morgan fingerprint density at radius 1 is 0.933 bits per heavy atom. The third-order valence-corrected chi connectivity index (χ3v) is 4.59. The van der Waals surface area contributed by atoms with Crippen LogP contribution >= 0.6 is 7.82 Å². The molecule has 0 radical (unpaired) electrons. The largest absolute Gasteiger partial charge is 0.510 e. The van der Waals surface area contributed by atoms with Crippen molar-refractivity contribution in [3.05, 3.63) is 0 Å². The molecule has 178 valence electrons. The molecule has 0 spiro atoms. The summed E-state index contributed by atoms with van der Waals surface area (Å²) in [4.78, 5) is 22.7. The van der Waals surface area contributed by atoms with E-state index in [1.807, 2.05) is 0 Å². The maximum atomic E-state index is 13.4. The molecule has 0 aromatic carbocycles. The number of carbonyl (C=O) groups is 2. The zero-order valence-corrected chi connectivity index (χ0v) is 18.7. The lowest BCUT2D eigenvalue weighted by Gasteiger charge is -2.32. The van der Waals surface area contributed by atoms with Gasteiger partial charge in [0.15, 0.2) is 0 Å². The van der Waals surface area contributed by atoms with Crippen LogP contribution in [0, 0.1) is 0 Å². The Morgan fingerprint density at radius 3 is 1.67 bits per heavy atom. The molecule has 1 N–H and O–H groups in total. The minimum absolute atomic E-state index is 0.477. The molecular weight excluding hydrogens is 434 g/mol. The van der Waals surface area contributed by atoms with Crippen LogP contribution < -0.4 is 0 Å². The lowest BCUT2D eigenvalue weighted by molar-refractivity contribution is -0.135. The Morgan fingerprint density at radius 2 is 1.37 bits per heavy atom. The van der Waals surface area contributed by atoms with E-state index in [0.29, 0.717) is 0 Å². The predicted molar refractivity (Wildman–Crippen MR) is 98.3 cm³/mol. The summed E-state index contributed by atoms with van der Waals surface area (Å²) in [5, 5.41) is 9.74. The summed E-state index contributed by atoms with van der Waals surface area (Å²) in [5.41, 5.74) is -1.88. The first-order valence-electron chi connectivity index (χ1n) is 8.89. The number of hydrogen-bond acceptors (Lipinski definition) is 12. The number of carbonyl (C=O) groups excluding carboxylic acids is 2. The Kier molecular flexibility index (Phi) is 13.0. The highest BCUT2D eigenvalue weighted by molar-refractivity contribution is 7.48. The molecule has 12 nitrogen and oxygen atoms in total. The fourth-order valence-corrected chi connectivity index (χ4v) is 2.55. The highest BCUT2D eigenvalue weighted by Gasteiger charge is 2.41. The Hall–Kier alpha value is -1.50. The van der Waals surface area contributed by atoms with Crippen LogP contribution in [0.5, 0.6) is 0 Å². The molecule has 0 aliphatic heterocycles. The number of rotatable bonds is 14. The quantitative estimate of drug-likeness (QED) is 0.229. The molecule has 2 atom stereocenters. The van der Waals surface area contributed by atoms with Crippen molar-refractivity contribution in [3.8, 4) is 0 Å². The van der Waals surface area contributed by atoms with Gasteiger partial charge < -0.3 is 28.8 Å². The van der Waals surface area contributed by atoms with Crippen LogP contribution in [0.15, 0.2) is 0 Å². The van der Waals surface area contributed by atoms with E-state index in [2.05, 4.69) is 9.47 Å². The standard InChI is InChI=1S/C16H30FO12P/c1-11(2)28-14(19)23-9-26-30(21,27-10-24-15(20)29-12(3)4)25-8-16(7-17,22-6)13(5)18/h11-13,18H,7-10H2,1-6H3/t13-,16+/m0/s1. The molecule has 0 aromatic heterocycles. The SMILES string of the molecule is CO[C@](CF)(COP(=O)(OCOC(=O)OC(C)C)OCOC(=O)OC(C)C)[C@H](C)O. The summed E-state index contributed by atoms with van der Waals surface area (Å²) in [6.45, 7) is 3.70. The van der Waals surface area contributed by atoms with Gasteiger partial charge in [0.1, 0.15) is 12.3 Å². The average molecular weight is 464 g/mol. The highest BCUT2D eigenvalue weighted by Crippen LogP contribution is 2.50. The summed E-state index contributed by atoms with van der Waals surface area (Å²) in [6.07, 6.45) is -4.56. The number of phosphoric acid groups is 1. The van der Waals surface area contributed by atoms with Crippen LogP contribution in [0.25, 0.3) is 0 Å². The maximum absolute atomic E-state index is 13.4. The fraction of sp³-hybridized carbons (Fsp3) is 0.875. The zero-order chi connectivity index (χ0) is 23.4. The first-order valence-corrected chi connectivity index (χ1v) is 10.4. The minimum Gasteiger partial charge on any atom is -0.432 e. The average Bonchev–Trinajstić information content (AvgIpc) is 2.61. The van der Waals surface area contributed by atoms with E-state index in [1.54, 1.807) is 27.7 Å². The molecular formula is C16H30FO12P. The molecule has 0 heterocycles. The Balaban J connectivity index is 5.03. The molecule has 14 heteroatoms. The third kappa shape index (κ3) is 11.0. The van der Waals surface area contributed by atoms with E-state index in [4.69, 9.17) is 27.8 Å². The Bertz CT molecular complexity index is 532. The molecule has 0 saturated carbocycles. The monoisotopic (exact) mass is 464 g/mol. The number of alkyl halides is 1. The summed E-state index contributed by atoms with van der Waals surface area (Å²) >= 11 is 0. The maximum Gasteiger partial charge on any atom is 0.510 e. The van der Waals surface area contributed by atoms with E-state index in [-0.39, 0.29) is 0 Å². The number of halogens is 1. The number of hydrogen-bond donors (Lipinski definition) is 1. The van der Waals surface area contributed by atoms with Gasteiger partial charge in [0, 0.05) is 7.11 Å². The van der Waals surface area contributed by atoms with Crippen LogP contribution in [-0.2, 0) is 41.8 Å². The van der Waals surface area contributed by atoms with E-state index in [0.717, 1.165) is 7.11 Å². The van der Waals surface area contributed by atoms with E-state index >= 15 is 0 Å². The normalized spacial score (nSPS) is 14.9. The molecule has 0 unspecified atom stereocenters. The van der Waals surface area contributed by atoms with E-state index in [9.17, 15) is 23.7 Å². The second-order valence-corrected chi connectivity index (χ2v) is 8.08. The predicted octanol–water partition coefficient (Wildman–Crippen LogP) is 2.92. The molecule has 0 fully saturated rings. The van der Waals surface area contributed by atoms with Crippen molar-refractivity contribution in [1.29, 1.82) is 0 Å². The van der Waals surface area contributed by atoms with Gasteiger partial charge in [-0.1, -0.05) is 0 Å². The van der Waals surface area contributed by atoms with Gasteiger partial charge in [0.05, 0.1) is 24.9 Å². The van der Waals surface area contributed by atoms with E-state index < -0.39 is 70.9 Å².